The molecule has 0 spiro atoms. The van der Waals surface area contributed by atoms with Crippen molar-refractivity contribution in [3.05, 3.63) is 23.8 Å². The van der Waals surface area contributed by atoms with Crippen LogP contribution in [-0.2, 0) is 0 Å². The first-order chi connectivity index (χ1) is 8.69. The number of benzene rings is 1. The Hall–Kier alpha value is -2.24. The molecule has 4 N–H and O–H groups in total. The molecule has 0 unspecified atom stereocenters. The van der Waals surface area contributed by atoms with Crippen molar-refractivity contribution in [3.8, 4) is 11.5 Å². The van der Waals surface area contributed by atoms with E-state index in [1.807, 2.05) is 25.1 Å². The lowest BCUT2D eigenvalue weighted by Crippen LogP contribution is -2.21. The predicted octanol–water partition coefficient (Wildman–Crippen LogP) is 1.09. The molecule has 0 aliphatic rings. The Morgan fingerprint density at radius 3 is 2.78 bits per heavy atom. The monoisotopic (exact) mass is 250 g/mol. The molecule has 0 amide bonds. The van der Waals surface area contributed by atoms with Crippen molar-refractivity contribution in [2.24, 2.45) is 21.7 Å². The molecule has 0 aliphatic carbocycles. The fourth-order valence-corrected chi connectivity index (χ4v) is 1.31. The third-order valence-corrected chi connectivity index (χ3v) is 2.05. The van der Waals surface area contributed by atoms with Gasteiger partial charge in [0.15, 0.2) is 11.5 Å². The van der Waals surface area contributed by atoms with Crippen molar-refractivity contribution in [1.29, 1.82) is 0 Å². The molecule has 0 radical (unpaired) electrons. The molecule has 6 nitrogen and oxygen atoms in total. The van der Waals surface area contributed by atoms with Crippen molar-refractivity contribution < 1.29 is 9.47 Å². The summed E-state index contributed by atoms with van der Waals surface area (Å²) in [5.41, 5.74) is 11.1. The maximum absolute atomic E-state index is 5.64. The SMILES string of the molecule is CCCOc1c(/C=N\N=C(N)N)cccc1OC. The maximum atomic E-state index is 5.64. The van der Waals surface area contributed by atoms with E-state index in [4.69, 9.17) is 20.9 Å². The van der Waals surface area contributed by atoms with Gasteiger partial charge in [0.05, 0.1) is 19.9 Å². The average Bonchev–Trinajstić information content (AvgIpc) is 2.36. The van der Waals surface area contributed by atoms with Gasteiger partial charge in [-0.15, -0.1) is 5.10 Å². The normalized spacial score (nSPS) is 10.3. The second-order valence-electron chi connectivity index (χ2n) is 3.50. The fourth-order valence-electron chi connectivity index (χ4n) is 1.31. The summed E-state index contributed by atoms with van der Waals surface area (Å²) >= 11 is 0. The van der Waals surface area contributed by atoms with E-state index in [0.717, 1.165) is 12.0 Å². The van der Waals surface area contributed by atoms with E-state index < -0.39 is 0 Å². The highest BCUT2D eigenvalue weighted by Gasteiger charge is 2.08. The van der Waals surface area contributed by atoms with Gasteiger partial charge in [-0.3, -0.25) is 0 Å². The maximum Gasteiger partial charge on any atom is 0.211 e. The molecule has 6 heteroatoms. The lowest BCUT2D eigenvalue weighted by atomic mass is 10.2. The van der Waals surface area contributed by atoms with Gasteiger partial charge in [-0.05, 0) is 18.6 Å². The second kappa shape index (κ2) is 7.16. The number of ether oxygens (including phenoxy) is 2. The van der Waals surface area contributed by atoms with Gasteiger partial charge >= 0.3 is 0 Å². The third-order valence-electron chi connectivity index (χ3n) is 2.05. The van der Waals surface area contributed by atoms with E-state index in [1.165, 1.54) is 6.21 Å². The van der Waals surface area contributed by atoms with E-state index >= 15 is 0 Å². The van der Waals surface area contributed by atoms with E-state index in [1.54, 1.807) is 7.11 Å². The second-order valence-corrected chi connectivity index (χ2v) is 3.50. The minimum atomic E-state index is -0.0924. The molecule has 0 aromatic heterocycles. The molecule has 0 bridgehead atoms. The van der Waals surface area contributed by atoms with Crippen molar-refractivity contribution >= 4 is 12.2 Å². The Morgan fingerprint density at radius 1 is 1.39 bits per heavy atom. The van der Waals surface area contributed by atoms with Gasteiger partial charge in [-0.2, -0.15) is 5.10 Å². The summed E-state index contributed by atoms with van der Waals surface area (Å²) in [7, 11) is 1.59. The Balaban J connectivity index is 3.01. The van der Waals surface area contributed by atoms with Crippen molar-refractivity contribution in [2.75, 3.05) is 13.7 Å². The highest BCUT2D eigenvalue weighted by Crippen LogP contribution is 2.30. The zero-order valence-electron chi connectivity index (χ0n) is 10.6. The minimum Gasteiger partial charge on any atom is -0.493 e. The molecule has 0 aliphatic heterocycles. The first-order valence-electron chi connectivity index (χ1n) is 5.60. The van der Waals surface area contributed by atoms with Crippen LogP contribution in [0, 0.1) is 0 Å². The number of guanidine groups is 1. The van der Waals surface area contributed by atoms with Crippen LogP contribution in [0.4, 0.5) is 0 Å². The number of hydrogen-bond donors (Lipinski definition) is 2. The number of para-hydroxylation sites is 1. The number of nitrogens with zero attached hydrogens (tertiary/aromatic N) is 2. The molecule has 98 valence electrons. The number of hydrogen-bond acceptors (Lipinski definition) is 4. The largest absolute Gasteiger partial charge is 0.493 e. The summed E-state index contributed by atoms with van der Waals surface area (Å²) < 4.78 is 10.9. The van der Waals surface area contributed by atoms with E-state index in [2.05, 4.69) is 10.2 Å². The standard InChI is InChI=1S/C12H18N4O2/c1-3-7-18-11-9(8-15-16-12(13)14)5-4-6-10(11)17-2/h4-6,8H,3,7H2,1-2H3,(H4,13,14,16)/b15-8-. The van der Waals surface area contributed by atoms with Gasteiger partial charge in [0.25, 0.3) is 0 Å². The van der Waals surface area contributed by atoms with E-state index in [0.29, 0.717) is 18.1 Å². The van der Waals surface area contributed by atoms with Gasteiger partial charge < -0.3 is 20.9 Å². The van der Waals surface area contributed by atoms with Gasteiger partial charge in [-0.1, -0.05) is 13.0 Å². The third kappa shape index (κ3) is 3.97. The summed E-state index contributed by atoms with van der Waals surface area (Å²) in [6.45, 7) is 2.63. The quantitative estimate of drug-likeness (QED) is 0.449. The van der Waals surface area contributed by atoms with Crippen LogP contribution in [0.15, 0.2) is 28.4 Å². The molecule has 0 heterocycles. The van der Waals surface area contributed by atoms with E-state index in [-0.39, 0.29) is 5.96 Å². The van der Waals surface area contributed by atoms with Crippen LogP contribution in [0.25, 0.3) is 0 Å². The van der Waals surface area contributed by atoms with Crippen LogP contribution in [0.3, 0.4) is 0 Å². The first-order valence-corrected chi connectivity index (χ1v) is 5.60. The molecular weight excluding hydrogens is 232 g/mol. The van der Waals surface area contributed by atoms with Crippen LogP contribution in [-0.4, -0.2) is 25.9 Å². The van der Waals surface area contributed by atoms with E-state index in [9.17, 15) is 0 Å². The fraction of sp³-hybridized carbons (Fsp3) is 0.333. The van der Waals surface area contributed by atoms with Gasteiger partial charge in [0.2, 0.25) is 5.96 Å². The number of rotatable bonds is 6. The molecule has 1 aromatic rings. The molecular formula is C12H18N4O2. The molecule has 0 saturated carbocycles. The lowest BCUT2D eigenvalue weighted by Gasteiger charge is -2.12. The predicted molar refractivity (Wildman–Crippen MR) is 72.2 cm³/mol. The summed E-state index contributed by atoms with van der Waals surface area (Å²) in [5.74, 6) is 1.19. The molecule has 1 aromatic carbocycles. The van der Waals surface area contributed by atoms with Crippen LogP contribution in [0.5, 0.6) is 11.5 Å². The van der Waals surface area contributed by atoms with Gasteiger partial charge in [0, 0.05) is 5.56 Å². The van der Waals surface area contributed by atoms with Crippen LogP contribution >= 0.6 is 0 Å². The topological polar surface area (TPSA) is 95.2 Å². The van der Waals surface area contributed by atoms with Crippen LogP contribution in [0.1, 0.15) is 18.9 Å². The summed E-state index contributed by atoms with van der Waals surface area (Å²) in [6.07, 6.45) is 2.43. The average molecular weight is 250 g/mol. The molecule has 18 heavy (non-hydrogen) atoms. The molecule has 0 saturated heterocycles. The van der Waals surface area contributed by atoms with Crippen molar-refractivity contribution in [3.63, 3.8) is 0 Å². The highest BCUT2D eigenvalue weighted by atomic mass is 16.5. The summed E-state index contributed by atoms with van der Waals surface area (Å²) in [4.78, 5) is 0. The molecule has 1 rings (SSSR count). The van der Waals surface area contributed by atoms with Crippen LogP contribution < -0.4 is 20.9 Å². The Kier molecular flexibility index (Phi) is 5.50. The number of methoxy groups -OCH3 is 1. The summed E-state index contributed by atoms with van der Waals surface area (Å²) in [5, 5.41) is 7.30. The molecule has 0 atom stereocenters. The van der Waals surface area contributed by atoms with Crippen molar-refractivity contribution in [2.45, 2.75) is 13.3 Å². The highest BCUT2D eigenvalue weighted by molar-refractivity contribution is 5.86. The Bertz CT molecular complexity index is 440. The summed E-state index contributed by atoms with van der Waals surface area (Å²) in [6, 6.07) is 5.51. The minimum absolute atomic E-state index is 0.0924. The zero-order chi connectivity index (χ0) is 13.4. The molecule has 0 fully saturated rings. The zero-order valence-corrected chi connectivity index (χ0v) is 10.6. The van der Waals surface area contributed by atoms with Gasteiger partial charge in [-0.25, -0.2) is 0 Å². The van der Waals surface area contributed by atoms with Crippen molar-refractivity contribution in [1.82, 2.24) is 0 Å². The smallest absolute Gasteiger partial charge is 0.211 e. The number of nitrogens with two attached hydrogens (primary N) is 2. The lowest BCUT2D eigenvalue weighted by molar-refractivity contribution is 0.294. The Morgan fingerprint density at radius 2 is 2.17 bits per heavy atom. The van der Waals surface area contributed by atoms with Crippen LogP contribution in [0.2, 0.25) is 0 Å². The Labute approximate surface area is 106 Å². The first kappa shape index (κ1) is 13.8. The van der Waals surface area contributed by atoms with Gasteiger partial charge in [0.1, 0.15) is 0 Å².